The quantitative estimate of drug-likeness (QED) is 0.426. The summed E-state index contributed by atoms with van der Waals surface area (Å²) in [5.41, 5.74) is -0.845. The molecule has 5 rings (SSSR count). The van der Waals surface area contributed by atoms with Crippen LogP contribution in [0.25, 0.3) is 11.0 Å². The molecule has 216 valence electrons. The highest BCUT2D eigenvalue weighted by Gasteiger charge is 2.33. The molecule has 0 bridgehead atoms. The Morgan fingerprint density at radius 2 is 1.90 bits per heavy atom. The van der Waals surface area contributed by atoms with Crippen molar-refractivity contribution in [3.8, 4) is 0 Å². The van der Waals surface area contributed by atoms with Crippen LogP contribution in [0.3, 0.4) is 0 Å². The lowest BCUT2D eigenvalue weighted by molar-refractivity contribution is -0.137. The van der Waals surface area contributed by atoms with Crippen LogP contribution in [0, 0.1) is 5.92 Å². The van der Waals surface area contributed by atoms with Gasteiger partial charge in [0.05, 0.1) is 34.6 Å². The number of Topliss-reactive ketones (excluding diaryl/α,β-unsaturated/α-hetero) is 1. The minimum Gasteiger partial charge on any atom is -0.357 e. The van der Waals surface area contributed by atoms with E-state index in [2.05, 4.69) is 10.3 Å². The van der Waals surface area contributed by atoms with Crippen molar-refractivity contribution >= 4 is 43.9 Å². The molecule has 14 heteroatoms. The van der Waals surface area contributed by atoms with Gasteiger partial charge in [0.2, 0.25) is 10.0 Å². The van der Waals surface area contributed by atoms with Crippen LogP contribution in [-0.4, -0.2) is 48.5 Å². The molecule has 2 aliphatic rings. The van der Waals surface area contributed by atoms with Crippen molar-refractivity contribution in [3.05, 3.63) is 45.9 Å². The molecule has 1 atom stereocenters. The van der Waals surface area contributed by atoms with Gasteiger partial charge in [-0.1, -0.05) is 0 Å². The summed E-state index contributed by atoms with van der Waals surface area (Å²) in [5, 5.41) is 3.14. The third-order valence-corrected chi connectivity index (χ3v) is 8.54. The first-order valence-electron chi connectivity index (χ1n) is 12.9. The highest BCUT2D eigenvalue weighted by molar-refractivity contribution is 7.92. The molecule has 3 aromatic rings. The van der Waals surface area contributed by atoms with Crippen molar-refractivity contribution < 1.29 is 31.1 Å². The van der Waals surface area contributed by atoms with E-state index >= 15 is 0 Å². The van der Waals surface area contributed by atoms with Crippen LogP contribution in [0.15, 0.2) is 29.1 Å². The summed E-state index contributed by atoms with van der Waals surface area (Å²) in [7, 11) is -1.23. The number of aromatic nitrogens is 3. The van der Waals surface area contributed by atoms with Gasteiger partial charge in [-0.2, -0.15) is 13.2 Å². The molecule has 1 saturated carbocycles. The molecule has 0 spiro atoms. The van der Waals surface area contributed by atoms with E-state index in [1.54, 1.807) is 11.7 Å². The van der Waals surface area contributed by atoms with Crippen LogP contribution < -0.4 is 15.2 Å². The van der Waals surface area contributed by atoms with Crippen molar-refractivity contribution in [1.29, 1.82) is 0 Å². The lowest BCUT2D eigenvalue weighted by Crippen LogP contribution is -2.27. The second-order valence-corrected chi connectivity index (χ2v) is 12.4. The number of rotatable bonds is 8. The summed E-state index contributed by atoms with van der Waals surface area (Å²) in [6.07, 6.45) is -0.233. The van der Waals surface area contributed by atoms with Gasteiger partial charge in [0.1, 0.15) is 11.2 Å². The first-order valence-corrected chi connectivity index (χ1v) is 14.8. The Morgan fingerprint density at radius 1 is 1.18 bits per heavy atom. The molecule has 2 fully saturated rings. The molecule has 0 radical (unpaired) electrons. The third kappa shape index (κ3) is 5.46. The fourth-order valence-corrected chi connectivity index (χ4v) is 5.43. The van der Waals surface area contributed by atoms with E-state index in [0.717, 1.165) is 61.5 Å². The molecule has 2 aromatic heterocycles. The van der Waals surface area contributed by atoms with Crippen molar-refractivity contribution in [2.45, 2.75) is 50.9 Å². The van der Waals surface area contributed by atoms with Crippen LogP contribution in [0.4, 0.5) is 30.2 Å². The fraction of sp³-hybridized carbons (Fsp3) is 0.500. The van der Waals surface area contributed by atoms with E-state index < -0.39 is 33.6 Å². The Morgan fingerprint density at radius 3 is 2.50 bits per heavy atom. The maximum atomic E-state index is 13.5. The van der Waals surface area contributed by atoms with E-state index in [9.17, 15) is 31.2 Å². The Labute approximate surface area is 228 Å². The number of hydrogen-bond acceptors (Lipinski definition) is 7. The molecular formula is C26H30F3N5O5S. The minimum absolute atomic E-state index is 0.0172. The zero-order valence-electron chi connectivity index (χ0n) is 22.3. The van der Waals surface area contributed by atoms with Crippen LogP contribution >= 0.6 is 0 Å². The number of carbonyl (C=O) groups excluding carboxylic acids is 1. The molecular weight excluding hydrogens is 551 g/mol. The van der Waals surface area contributed by atoms with Gasteiger partial charge in [-0.15, -0.1) is 0 Å². The number of alkyl halides is 3. The average molecular weight is 582 g/mol. The molecule has 0 amide bonds. The number of sulfonamides is 1. The predicted molar refractivity (Wildman–Crippen MR) is 143 cm³/mol. The normalized spacial score (nSPS) is 18.2. The lowest BCUT2D eigenvalue weighted by atomic mass is 10.1. The number of nitrogens with one attached hydrogen (secondary N) is 1. The summed E-state index contributed by atoms with van der Waals surface area (Å²) in [4.78, 5) is 30.9. The van der Waals surface area contributed by atoms with Gasteiger partial charge >= 0.3 is 6.18 Å². The Balaban J connectivity index is 1.69. The van der Waals surface area contributed by atoms with Gasteiger partial charge in [0, 0.05) is 33.0 Å². The molecule has 3 heterocycles. The molecule has 1 aromatic carbocycles. The molecule has 1 aliphatic heterocycles. The summed E-state index contributed by atoms with van der Waals surface area (Å²) in [6.45, 7) is 0.510. The number of carbonyl (C=O) groups is 1. The second kappa shape index (κ2) is 10.2. The molecule has 1 unspecified atom stereocenters. The lowest BCUT2D eigenvalue weighted by Gasteiger charge is -2.25. The van der Waals surface area contributed by atoms with E-state index in [0.29, 0.717) is 18.7 Å². The van der Waals surface area contributed by atoms with Crippen LogP contribution in [-0.2, 0) is 39.2 Å². The van der Waals surface area contributed by atoms with E-state index in [-0.39, 0.29) is 46.2 Å². The highest BCUT2D eigenvalue weighted by atomic mass is 32.2. The largest absolute Gasteiger partial charge is 0.416 e. The number of hydrogen-bond donors (Lipinski definition) is 1. The number of pyridine rings is 1. The fourth-order valence-electron chi connectivity index (χ4n) is 4.92. The number of benzene rings is 1. The van der Waals surface area contributed by atoms with E-state index in [1.165, 1.54) is 10.7 Å². The van der Waals surface area contributed by atoms with Crippen LogP contribution in [0.1, 0.15) is 49.6 Å². The zero-order chi connectivity index (χ0) is 29.0. The molecule has 1 N–H and O–H groups in total. The summed E-state index contributed by atoms with van der Waals surface area (Å²) >= 11 is 0. The van der Waals surface area contributed by atoms with Gasteiger partial charge in [-0.05, 0) is 56.4 Å². The first-order chi connectivity index (χ1) is 18.8. The SMILES string of the molecule is CN(c1cc(C(F)(F)F)ccc1Nc1cc(CC(=O)C2CC2)nc2c1c(=O)n(C)n2C1CCCCO1)S(C)(=O)=O. The number of ether oxygens (including phenoxy) is 1. The van der Waals surface area contributed by atoms with Crippen LogP contribution in [0.5, 0.6) is 0 Å². The van der Waals surface area contributed by atoms with Crippen molar-refractivity contribution in [3.63, 3.8) is 0 Å². The van der Waals surface area contributed by atoms with Gasteiger partial charge < -0.3 is 10.1 Å². The Hall–Kier alpha value is -3.39. The first kappa shape index (κ1) is 28.1. The van der Waals surface area contributed by atoms with Crippen molar-refractivity contribution in [2.24, 2.45) is 13.0 Å². The molecule has 1 saturated heterocycles. The number of halogens is 3. The summed E-state index contributed by atoms with van der Waals surface area (Å²) in [6, 6.07) is 4.21. The summed E-state index contributed by atoms with van der Waals surface area (Å²) < 4.78 is 74.9. The Bertz CT molecular complexity index is 1640. The highest BCUT2D eigenvalue weighted by Crippen LogP contribution is 2.39. The maximum absolute atomic E-state index is 13.5. The molecule has 10 nitrogen and oxygen atoms in total. The Kier molecular flexibility index (Phi) is 7.19. The van der Waals surface area contributed by atoms with Crippen molar-refractivity contribution in [2.75, 3.05) is 29.5 Å². The number of nitrogens with zero attached hydrogens (tertiary/aromatic N) is 4. The van der Waals surface area contributed by atoms with Crippen molar-refractivity contribution in [1.82, 2.24) is 14.3 Å². The van der Waals surface area contributed by atoms with Gasteiger partial charge in [0.25, 0.3) is 5.56 Å². The van der Waals surface area contributed by atoms with E-state index in [1.807, 2.05) is 0 Å². The van der Waals surface area contributed by atoms with Gasteiger partial charge in [-0.3, -0.25) is 13.9 Å². The third-order valence-electron chi connectivity index (χ3n) is 7.35. The topological polar surface area (TPSA) is 116 Å². The molecule has 1 aliphatic carbocycles. The second-order valence-electron chi connectivity index (χ2n) is 10.4. The number of ketones is 1. The standard InChI is InChI=1S/C26H30F3N5O5S/c1-32-25(36)23-19(31-18-10-9-16(26(27,28)29)12-20(18)33(2)40(3,37)38)13-17(14-21(35)15-7-8-15)30-24(23)34(32)22-6-4-5-11-39-22/h9-10,12-13,15,22H,4-8,11,14H2,1-3H3,(H,30,31). The average Bonchev–Trinajstić information content (AvgIpc) is 3.70. The van der Waals surface area contributed by atoms with E-state index in [4.69, 9.17) is 4.74 Å². The number of anilines is 3. The van der Waals surface area contributed by atoms with Gasteiger partial charge in [0.15, 0.2) is 11.9 Å². The monoisotopic (exact) mass is 581 g/mol. The zero-order valence-corrected chi connectivity index (χ0v) is 23.1. The predicted octanol–water partition coefficient (Wildman–Crippen LogP) is 4.11. The van der Waals surface area contributed by atoms with Gasteiger partial charge in [-0.25, -0.2) is 22.8 Å². The molecule has 40 heavy (non-hydrogen) atoms. The smallest absolute Gasteiger partial charge is 0.357 e. The van der Waals surface area contributed by atoms with Crippen LogP contribution in [0.2, 0.25) is 0 Å². The summed E-state index contributed by atoms with van der Waals surface area (Å²) in [5.74, 6) is -0.0120. The number of fused-ring (bicyclic) bond motifs is 1. The minimum atomic E-state index is -4.71. The maximum Gasteiger partial charge on any atom is 0.416 e.